The number of hydrogen-bond donors (Lipinski definition) is 0. The molecular weight excluding hydrogens is 834 g/mol. The van der Waals surface area contributed by atoms with Crippen molar-refractivity contribution in [2.24, 2.45) is 0 Å². The Morgan fingerprint density at radius 1 is 0.362 bits per heavy atom. The molecule has 15 rings (SSSR count). The Bertz CT molecular complexity index is 3570. The van der Waals surface area contributed by atoms with Crippen molar-refractivity contribution in [3.63, 3.8) is 0 Å². The molecule has 5 aliphatic rings. The van der Waals surface area contributed by atoms with Crippen LogP contribution in [0.2, 0.25) is 0 Å². The van der Waals surface area contributed by atoms with Crippen LogP contribution in [0.1, 0.15) is 67.3 Å². The third-order valence-corrected chi connectivity index (χ3v) is 17.6. The lowest BCUT2D eigenvalue weighted by Crippen LogP contribution is -2.68. The minimum absolute atomic E-state index is 0.00955. The Morgan fingerprint density at radius 2 is 0.826 bits per heavy atom. The molecular formula is C65H50BN3. The number of para-hydroxylation sites is 1. The Balaban J connectivity index is 1.12. The SMILES string of the molecule is CC12CCCCC1(C)N(c1cc3c4c(c1)N(c1ccc5ccccc5c1)c1cccc5c1B4c1c(cccc1C5(c1ccccc1)c1ccccc1)N3c1ccc3ccccc3c1)c1ccccc12. The molecule has 3 nitrogen and oxygen atoms in total. The van der Waals surface area contributed by atoms with Gasteiger partial charge in [0.15, 0.2) is 0 Å². The molecule has 0 amide bonds. The van der Waals surface area contributed by atoms with E-state index in [1.54, 1.807) is 0 Å². The largest absolute Gasteiger partial charge is 0.334 e. The third-order valence-electron chi connectivity index (χ3n) is 17.6. The van der Waals surface area contributed by atoms with E-state index in [0.29, 0.717) is 0 Å². The fourth-order valence-electron chi connectivity index (χ4n) is 14.5. The van der Waals surface area contributed by atoms with Crippen LogP contribution < -0.4 is 31.1 Å². The number of fused-ring (bicyclic) bond motifs is 5. The van der Waals surface area contributed by atoms with Crippen molar-refractivity contribution >= 4 is 90.1 Å². The summed E-state index contributed by atoms with van der Waals surface area (Å²) in [6.45, 7) is 5.10. The zero-order valence-corrected chi connectivity index (χ0v) is 39.0. The summed E-state index contributed by atoms with van der Waals surface area (Å²) in [5, 5.41) is 4.96. The third kappa shape index (κ3) is 5.03. The molecule has 4 heterocycles. The van der Waals surface area contributed by atoms with E-state index in [1.807, 2.05) is 0 Å². The van der Waals surface area contributed by atoms with Gasteiger partial charge >= 0.3 is 0 Å². The molecule has 0 N–H and O–H groups in total. The van der Waals surface area contributed by atoms with Crippen molar-refractivity contribution in [2.45, 2.75) is 55.9 Å². The van der Waals surface area contributed by atoms with Crippen molar-refractivity contribution in [3.8, 4) is 0 Å². The Hall–Kier alpha value is -7.82. The molecule has 1 aliphatic carbocycles. The quantitative estimate of drug-likeness (QED) is 0.159. The lowest BCUT2D eigenvalue weighted by atomic mass is 9.28. The molecule has 4 heteroatoms. The van der Waals surface area contributed by atoms with E-state index in [0.717, 1.165) is 6.42 Å². The predicted octanol–water partition coefficient (Wildman–Crippen LogP) is 14.5. The first-order chi connectivity index (χ1) is 34.0. The van der Waals surface area contributed by atoms with Gasteiger partial charge in [0.25, 0.3) is 6.71 Å². The summed E-state index contributed by atoms with van der Waals surface area (Å²) in [7, 11) is 0. The van der Waals surface area contributed by atoms with Gasteiger partial charge in [0.1, 0.15) is 0 Å². The van der Waals surface area contributed by atoms with E-state index < -0.39 is 5.41 Å². The summed E-state index contributed by atoms with van der Waals surface area (Å²) in [4.78, 5) is 8.07. The van der Waals surface area contributed by atoms with Crippen LogP contribution in [0.3, 0.4) is 0 Å². The highest BCUT2D eigenvalue weighted by Gasteiger charge is 2.59. The summed E-state index contributed by atoms with van der Waals surface area (Å²) < 4.78 is 0. The molecule has 1 saturated carbocycles. The first-order valence-corrected chi connectivity index (χ1v) is 25.0. The second-order valence-corrected chi connectivity index (χ2v) is 20.7. The monoisotopic (exact) mass is 883 g/mol. The molecule has 0 bridgehead atoms. The standard InChI is InChI=1S/C65H50BN3/c1-63-37-15-16-38-64(63,2)69(55-30-14-13-27-52(55)63)51-41-58-62-59(42-51)68(50-36-34-44-20-10-12-22-46(44)40-50)57-32-18-29-54-61(57)66(62)60-53(65(54,47-23-5-3-6-24-47)48-25-7-4-8-26-48)28-17-31-56(60)67(58)49-35-33-43-19-9-11-21-45(43)39-49/h3-14,17-36,39-42H,15-16,37-38H2,1-2H3. The van der Waals surface area contributed by atoms with Crippen LogP contribution in [0.4, 0.5) is 45.5 Å². The van der Waals surface area contributed by atoms with E-state index in [9.17, 15) is 0 Å². The molecule has 0 saturated heterocycles. The number of rotatable bonds is 5. The summed E-state index contributed by atoms with van der Waals surface area (Å²) >= 11 is 0. The van der Waals surface area contributed by atoms with Crippen LogP contribution in [0.5, 0.6) is 0 Å². The minimum Gasteiger partial charge on any atom is -0.334 e. The minimum atomic E-state index is -0.603. The highest BCUT2D eigenvalue weighted by Crippen LogP contribution is 2.62. The normalized spacial score (nSPS) is 19.9. The fourth-order valence-corrected chi connectivity index (χ4v) is 14.5. The zero-order valence-electron chi connectivity index (χ0n) is 39.0. The Kier molecular flexibility index (Phi) is 8.02. The van der Waals surface area contributed by atoms with Gasteiger partial charge in [-0.15, -0.1) is 0 Å². The number of nitrogens with zero attached hydrogens (tertiary/aromatic N) is 3. The topological polar surface area (TPSA) is 9.72 Å². The maximum Gasteiger partial charge on any atom is 0.253 e. The second kappa shape index (κ2) is 14.1. The predicted molar refractivity (Wildman–Crippen MR) is 290 cm³/mol. The molecule has 4 aliphatic heterocycles. The average Bonchev–Trinajstić information content (AvgIpc) is 3.62. The number of benzene rings is 10. The van der Waals surface area contributed by atoms with Gasteiger partial charge in [-0.25, -0.2) is 0 Å². The lowest BCUT2D eigenvalue weighted by molar-refractivity contribution is 0.195. The molecule has 1 fully saturated rings. The lowest BCUT2D eigenvalue weighted by Gasteiger charge is -2.53. The first kappa shape index (κ1) is 39.2. The van der Waals surface area contributed by atoms with E-state index in [4.69, 9.17) is 0 Å². The highest BCUT2D eigenvalue weighted by atomic mass is 15.3. The van der Waals surface area contributed by atoms with Crippen LogP contribution in [0, 0.1) is 0 Å². The van der Waals surface area contributed by atoms with Crippen LogP contribution >= 0.6 is 0 Å². The van der Waals surface area contributed by atoms with E-state index in [2.05, 4.69) is 247 Å². The van der Waals surface area contributed by atoms with Crippen LogP contribution in [-0.4, -0.2) is 12.3 Å². The van der Waals surface area contributed by atoms with Crippen molar-refractivity contribution in [1.82, 2.24) is 0 Å². The van der Waals surface area contributed by atoms with Crippen LogP contribution in [0.15, 0.2) is 218 Å². The molecule has 328 valence electrons. The van der Waals surface area contributed by atoms with Gasteiger partial charge in [0.05, 0.1) is 11.0 Å². The fraction of sp³-hybridized carbons (Fsp3) is 0.138. The summed E-state index contributed by atoms with van der Waals surface area (Å²) in [6, 6.07) is 83.4. The molecule has 0 aromatic heterocycles. The Labute approximate surface area is 405 Å². The molecule has 10 aromatic rings. The van der Waals surface area contributed by atoms with Crippen molar-refractivity contribution in [2.75, 3.05) is 14.7 Å². The van der Waals surface area contributed by atoms with Gasteiger partial charge in [-0.2, -0.15) is 0 Å². The molecule has 2 atom stereocenters. The average molecular weight is 884 g/mol. The van der Waals surface area contributed by atoms with Crippen molar-refractivity contribution in [1.29, 1.82) is 0 Å². The first-order valence-electron chi connectivity index (χ1n) is 25.0. The highest BCUT2D eigenvalue weighted by molar-refractivity contribution is 7.01. The molecule has 0 spiro atoms. The maximum absolute atomic E-state index is 2.78. The van der Waals surface area contributed by atoms with Gasteiger partial charge < -0.3 is 14.7 Å². The summed E-state index contributed by atoms with van der Waals surface area (Å²) in [6.07, 6.45) is 4.79. The zero-order chi connectivity index (χ0) is 45.6. The molecule has 69 heavy (non-hydrogen) atoms. The van der Waals surface area contributed by atoms with E-state index in [1.165, 1.54) is 131 Å². The summed E-state index contributed by atoms with van der Waals surface area (Å²) in [5.41, 5.74) is 20.0. The van der Waals surface area contributed by atoms with E-state index >= 15 is 0 Å². The van der Waals surface area contributed by atoms with Crippen LogP contribution in [0.25, 0.3) is 21.5 Å². The van der Waals surface area contributed by atoms with Gasteiger partial charge in [-0.1, -0.05) is 184 Å². The van der Waals surface area contributed by atoms with Gasteiger partial charge in [-0.3, -0.25) is 0 Å². The molecule has 10 aromatic carbocycles. The smallest absolute Gasteiger partial charge is 0.253 e. The van der Waals surface area contributed by atoms with Crippen LogP contribution in [-0.2, 0) is 10.8 Å². The van der Waals surface area contributed by atoms with E-state index in [-0.39, 0.29) is 17.7 Å². The summed E-state index contributed by atoms with van der Waals surface area (Å²) in [5.74, 6) is 0. The molecule has 0 radical (unpaired) electrons. The molecule has 2 unspecified atom stereocenters. The maximum atomic E-state index is 2.78. The number of anilines is 8. The van der Waals surface area contributed by atoms with Crippen molar-refractivity contribution < 1.29 is 0 Å². The van der Waals surface area contributed by atoms with Gasteiger partial charge in [-0.05, 0) is 140 Å². The second-order valence-electron chi connectivity index (χ2n) is 20.7. The Morgan fingerprint density at radius 3 is 1.39 bits per heavy atom. The van der Waals surface area contributed by atoms with Gasteiger partial charge in [0.2, 0.25) is 0 Å². The number of hydrogen-bond acceptors (Lipinski definition) is 3. The van der Waals surface area contributed by atoms with Crippen molar-refractivity contribution in [3.05, 3.63) is 246 Å². The van der Waals surface area contributed by atoms with Gasteiger partial charge in [0, 0.05) is 50.9 Å².